The minimum absolute atomic E-state index is 0.490. The molecule has 2 nitrogen and oxygen atoms in total. The highest BCUT2D eigenvalue weighted by atomic mass is 32.1. The van der Waals surface area contributed by atoms with Gasteiger partial charge in [-0.15, -0.1) is 11.3 Å². The van der Waals surface area contributed by atoms with Crippen LogP contribution in [0.4, 0.5) is 0 Å². The van der Waals surface area contributed by atoms with Crippen LogP contribution >= 0.6 is 11.3 Å². The summed E-state index contributed by atoms with van der Waals surface area (Å²) >= 11 is 1.66. The van der Waals surface area contributed by atoms with Crippen LogP contribution in [-0.2, 0) is 6.42 Å². The molecular weight excluding hydrogens is 230 g/mol. The van der Waals surface area contributed by atoms with Crippen LogP contribution in [0.1, 0.15) is 51.0 Å². The Balaban J connectivity index is 1.94. The third-order valence-electron chi connectivity index (χ3n) is 3.69. The maximum atomic E-state index is 10.7. The van der Waals surface area contributed by atoms with Gasteiger partial charge in [0.25, 0.3) is 0 Å². The summed E-state index contributed by atoms with van der Waals surface area (Å²) in [5.74, 6) is 1.44. The van der Waals surface area contributed by atoms with E-state index in [1.54, 1.807) is 11.3 Å². The van der Waals surface area contributed by atoms with E-state index in [9.17, 15) is 5.11 Å². The lowest BCUT2D eigenvalue weighted by Gasteiger charge is -2.37. The van der Waals surface area contributed by atoms with E-state index in [2.05, 4.69) is 18.8 Å². The van der Waals surface area contributed by atoms with Crippen molar-refractivity contribution in [2.75, 3.05) is 0 Å². The van der Waals surface area contributed by atoms with Crippen LogP contribution in [0.25, 0.3) is 0 Å². The van der Waals surface area contributed by atoms with Gasteiger partial charge in [0, 0.05) is 18.0 Å². The molecular formula is C14H23NOS. The van der Waals surface area contributed by atoms with E-state index in [4.69, 9.17) is 0 Å². The zero-order chi connectivity index (χ0) is 12.3. The summed E-state index contributed by atoms with van der Waals surface area (Å²) in [7, 11) is 0. The summed E-state index contributed by atoms with van der Waals surface area (Å²) < 4.78 is 0. The van der Waals surface area contributed by atoms with Crippen molar-refractivity contribution in [3.8, 4) is 0 Å². The lowest BCUT2D eigenvalue weighted by Crippen LogP contribution is -2.37. The van der Waals surface area contributed by atoms with Gasteiger partial charge in [-0.05, 0) is 31.1 Å². The predicted octanol–water partition coefficient (Wildman–Crippen LogP) is 3.65. The first-order chi connectivity index (χ1) is 8.07. The number of aromatic nitrogens is 1. The standard InChI is InChI=1S/C14H23NOS/c1-11(2)8-12-4-3-5-14(16,9-12)10-13-15-6-7-17-13/h6-7,11-12,16H,3-5,8-10H2,1-2H3. The molecule has 0 saturated heterocycles. The second-order valence-corrected chi connectivity index (χ2v) is 6.90. The van der Waals surface area contributed by atoms with Gasteiger partial charge in [0.1, 0.15) is 0 Å². The average molecular weight is 253 g/mol. The third kappa shape index (κ3) is 3.78. The number of nitrogens with zero attached hydrogens (tertiary/aromatic N) is 1. The molecule has 1 aliphatic rings. The van der Waals surface area contributed by atoms with Gasteiger partial charge in [-0.2, -0.15) is 0 Å². The Morgan fingerprint density at radius 1 is 1.59 bits per heavy atom. The minimum Gasteiger partial charge on any atom is -0.389 e. The molecule has 1 heterocycles. The van der Waals surface area contributed by atoms with Gasteiger partial charge in [-0.1, -0.05) is 26.7 Å². The van der Waals surface area contributed by atoms with Crippen LogP contribution in [-0.4, -0.2) is 15.7 Å². The van der Waals surface area contributed by atoms with Gasteiger partial charge in [0.05, 0.1) is 10.6 Å². The molecule has 2 rings (SSSR count). The Morgan fingerprint density at radius 2 is 2.41 bits per heavy atom. The second-order valence-electron chi connectivity index (χ2n) is 5.92. The summed E-state index contributed by atoms with van der Waals surface area (Å²) in [6.45, 7) is 4.54. The smallest absolute Gasteiger partial charge is 0.0953 e. The molecule has 1 fully saturated rings. The van der Waals surface area contributed by atoms with Gasteiger partial charge in [-0.25, -0.2) is 4.98 Å². The summed E-state index contributed by atoms with van der Waals surface area (Å²) in [6, 6.07) is 0. The van der Waals surface area contributed by atoms with Gasteiger partial charge in [0.2, 0.25) is 0 Å². The fourth-order valence-corrected chi connectivity index (χ4v) is 3.86. The molecule has 1 aliphatic carbocycles. The molecule has 96 valence electrons. The number of thiazole rings is 1. The first-order valence-corrected chi connectivity index (χ1v) is 7.56. The van der Waals surface area contributed by atoms with Crippen LogP contribution in [0.2, 0.25) is 0 Å². The van der Waals surface area contributed by atoms with Crippen LogP contribution in [0.3, 0.4) is 0 Å². The van der Waals surface area contributed by atoms with Crippen LogP contribution in [0.15, 0.2) is 11.6 Å². The topological polar surface area (TPSA) is 33.1 Å². The monoisotopic (exact) mass is 253 g/mol. The van der Waals surface area contributed by atoms with Crippen molar-refractivity contribution in [2.45, 2.75) is 58.0 Å². The molecule has 3 heteroatoms. The van der Waals surface area contributed by atoms with Crippen molar-refractivity contribution < 1.29 is 5.11 Å². The second kappa shape index (κ2) is 5.49. The molecule has 1 aromatic heterocycles. The van der Waals surface area contributed by atoms with E-state index in [1.165, 1.54) is 19.3 Å². The van der Waals surface area contributed by atoms with E-state index in [-0.39, 0.29) is 0 Å². The Labute approximate surface area is 108 Å². The molecule has 17 heavy (non-hydrogen) atoms. The van der Waals surface area contributed by atoms with Crippen molar-refractivity contribution in [1.82, 2.24) is 4.98 Å². The van der Waals surface area contributed by atoms with E-state index in [0.717, 1.165) is 30.2 Å². The molecule has 0 aromatic carbocycles. The van der Waals surface area contributed by atoms with Crippen LogP contribution < -0.4 is 0 Å². The highest BCUT2D eigenvalue weighted by Gasteiger charge is 2.35. The highest BCUT2D eigenvalue weighted by Crippen LogP contribution is 2.37. The van der Waals surface area contributed by atoms with E-state index >= 15 is 0 Å². The van der Waals surface area contributed by atoms with Crippen molar-refractivity contribution in [1.29, 1.82) is 0 Å². The Hall–Kier alpha value is -0.410. The zero-order valence-corrected chi connectivity index (χ0v) is 11.7. The largest absolute Gasteiger partial charge is 0.389 e. The molecule has 2 atom stereocenters. The highest BCUT2D eigenvalue weighted by molar-refractivity contribution is 7.09. The summed E-state index contributed by atoms with van der Waals surface area (Å²) in [5, 5.41) is 13.8. The summed E-state index contributed by atoms with van der Waals surface area (Å²) in [6.07, 6.45) is 8.20. The lowest BCUT2D eigenvalue weighted by molar-refractivity contribution is -0.0189. The molecule has 0 spiro atoms. The zero-order valence-electron chi connectivity index (χ0n) is 10.9. The lowest BCUT2D eigenvalue weighted by atomic mass is 9.74. The quantitative estimate of drug-likeness (QED) is 0.888. The molecule has 1 N–H and O–H groups in total. The van der Waals surface area contributed by atoms with E-state index in [1.807, 2.05) is 11.6 Å². The Kier molecular flexibility index (Phi) is 4.21. The molecule has 2 unspecified atom stereocenters. The van der Waals surface area contributed by atoms with Gasteiger partial charge < -0.3 is 5.11 Å². The van der Waals surface area contributed by atoms with Crippen molar-refractivity contribution >= 4 is 11.3 Å². The molecule has 1 aromatic rings. The molecule has 0 amide bonds. The molecule has 0 radical (unpaired) electrons. The summed E-state index contributed by atoms with van der Waals surface area (Å²) in [4.78, 5) is 4.30. The molecule has 1 saturated carbocycles. The maximum Gasteiger partial charge on any atom is 0.0953 e. The van der Waals surface area contributed by atoms with E-state index < -0.39 is 5.60 Å². The van der Waals surface area contributed by atoms with Gasteiger partial charge >= 0.3 is 0 Å². The fourth-order valence-electron chi connectivity index (χ4n) is 3.11. The van der Waals surface area contributed by atoms with Crippen LogP contribution in [0, 0.1) is 11.8 Å². The Bertz CT molecular complexity index is 336. The number of aliphatic hydroxyl groups is 1. The first kappa shape index (κ1) is 13.0. The number of hydrogen-bond acceptors (Lipinski definition) is 3. The van der Waals surface area contributed by atoms with E-state index in [0.29, 0.717) is 5.92 Å². The average Bonchev–Trinajstić information content (AvgIpc) is 2.68. The first-order valence-electron chi connectivity index (χ1n) is 6.68. The molecule has 0 aliphatic heterocycles. The van der Waals surface area contributed by atoms with Gasteiger partial charge in [0.15, 0.2) is 0 Å². The number of rotatable bonds is 4. The fraction of sp³-hybridized carbons (Fsp3) is 0.786. The van der Waals surface area contributed by atoms with Crippen LogP contribution in [0.5, 0.6) is 0 Å². The maximum absolute atomic E-state index is 10.7. The van der Waals surface area contributed by atoms with Crippen molar-refractivity contribution in [2.24, 2.45) is 11.8 Å². The van der Waals surface area contributed by atoms with Crippen molar-refractivity contribution in [3.63, 3.8) is 0 Å². The summed E-state index contributed by atoms with van der Waals surface area (Å²) in [5.41, 5.74) is -0.490. The van der Waals surface area contributed by atoms with Crippen molar-refractivity contribution in [3.05, 3.63) is 16.6 Å². The minimum atomic E-state index is -0.490. The normalized spacial score (nSPS) is 29.8. The predicted molar refractivity (Wildman–Crippen MR) is 72.2 cm³/mol. The SMILES string of the molecule is CC(C)CC1CCCC(O)(Cc2nccs2)C1. The number of hydrogen-bond donors (Lipinski definition) is 1. The molecule has 0 bridgehead atoms. The van der Waals surface area contributed by atoms with Gasteiger partial charge in [-0.3, -0.25) is 0 Å². The Morgan fingerprint density at radius 3 is 3.06 bits per heavy atom. The third-order valence-corrected chi connectivity index (χ3v) is 4.47.